The smallest absolute Gasteiger partial charge is 0.237 e. The Hall–Kier alpha value is -2.93. The summed E-state index contributed by atoms with van der Waals surface area (Å²) in [6.07, 6.45) is 1.02. The number of hydrogen-bond acceptors (Lipinski definition) is 6. The topological polar surface area (TPSA) is 80.5 Å². The lowest BCUT2D eigenvalue weighted by molar-refractivity contribution is 0.391. The highest BCUT2D eigenvalue weighted by Gasteiger charge is 2.11. The number of aromatic nitrogens is 5. The van der Waals surface area contributed by atoms with Gasteiger partial charge in [0, 0.05) is 11.1 Å². The van der Waals surface area contributed by atoms with E-state index in [1.165, 1.54) is 17.3 Å². The maximum atomic E-state index is 5.31. The predicted molar refractivity (Wildman–Crippen MR) is 100 cm³/mol. The van der Waals surface area contributed by atoms with Gasteiger partial charge in [-0.2, -0.15) is 4.98 Å². The van der Waals surface area contributed by atoms with Crippen molar-refractivity contribution < 1.29 is 4.52 Å². The monoisotopic (exact) mass is 363 g/mol. The second-order valence-corrected chi connectivity index (χ2v) is 6.63. The molecule has 6 nitrogen and oxygen atoms in total. The van der Waals surface area contributed by atoms with Crippen LogP contribution in [-0.4, -0.2) is 25.3 Å². The fourth-order valence-corrected chi connectivity index (χ4v) is 3.12. The fraction of sp³-hybridized carbons (Fsp3) is 0.158. The minimum atomic E-state index is 0.520. The van der Waals surface area contributed by atoms with Crippen LogP contribution in [0.15, 0.2) is 64.3 Å². The SMILES string of the molecule is CCc1ccc(-c2nc(SCc3nc(-c4ccccc4)no3)n[nH]2)cc1. The van der Waals surface area contributed by atoms with Gasteiger partial charge in [-0.15, -0.1) is 5.10 Å². The van der Waals surface area contributed by atoms with E-state index >= 15 is 0 Å². The molecular formula is C19H17N5OS. The summed E-state index contributed by atoms with van der Waals surface area (Å²) in [5.41, 5.74) is 3.25. The number of nitrogens with zero attached hydrogens (tertiary/aromatic N) is 4. The zero-order chi connectivity index (χ0) is 17.8. The molecule has 0 bridgehead atoms. The van der Waals surface area contributed by atoms with Gasteiger partial charge in [0.15, 0.2) is 5.82 Å². The first kappa shape index (κ1) is 16.5. The molecule has 0 spiro atoms. The summed E-state index contributed by atoms with van der Waals surface area (Å²) in [4.78, 5) is 8.94. The highest BCUT2D eigenvalue weighted by molar-refractivity contribution is 7.98. The molecule has 2 aromatic carbocycles. The summed E-state index contributed by atoms with van der Waals surface area (Å²) in [6.45, 7) is 2.14. The first-order chi connectivity index (χ1) is 12.8. The van der Waals surface area contributed by atoms with Crippen molar-refractivity contribution in [1.29, 1.82) is 0 Å². The van der Waals surface area contributed by atoms with Gasteiger partial charge in [-0.25, -0.2) is 4.98 Å². The van der Waals surface area contributed by atoms with Crippen LogP contribution in [0.2, 0.25) is 0 Å². The molecule has 0 unspecified atom stereocenters. The molecule has 0 aliphatic rings. The quantitative estimate of drug-likeness (QED) is 0.512. The molecule has 0 radical (unpaired) electrons. The summed E-state index contributed by atoms with van der Waals surface area (Å²) < 4.78 is 5.31. The molecule has 1 N–H and O–H groups in total. The van der Waals surface area contributed by atoms with Gasteiger partial charge in [0.25, 0.3) is 0 Å². The number of aromatic amines is 1. The molecule has 0 aliphatic heterocycles. The van der Waals surface area contributed by atoms with Crippen molar-refractivity contribution in [2.45, 2.75) is 24.3 Å². The first-order valence-corrected chi connectivity index (χ1v) is 9.33. The van der Waals surface area contributed by atoms with E-state index in [0.717, 1.165) is 23.4 Å². The van der Waals surface area contributed by atoms with E-state index in [-0.39, 0.29) is 0 Å². The summed E-state index contributed by atoms with van der Waals surface area (Å²) in [5, 5.41) is 11.9. The number of aryl methyl sites for hydroxylation is 1. The second kappa shape index (κ2) is 7.53. The third-order valence-electron chi connectivity index (χ3n) is 3.93. The van der Waals surface area contributed by atoms with E-state index in [0.29, 0.717) is 22.6 Å². The van der Waals surface area contributed by atoms with E-state index in [4.69, 9.17) is 4.52 Å². The highest BCUT2D eigenvalue weighted by Crippen LogP contribution is 2.23. The van der Waals surface area contributed by atoms with Crippen molar-refractivity contribution in [3.8, 4) is 22.8 Å². The average Bonchev–Trinajstić information content (AvgIpc) is 3.37. The van der Waals surface area contributed by atoms with Crippen LogP contribution in [0.4, 0.5) is 0 Å². The van der Waals surface area contributed by atoms with Gasteiger partial charge < -0.3 is 4.52 Å². The predicted octanol–water partition coefficient (Wildman–Crippen LogP) is 4.38. The standard InChI is InChI=1S/C19H17N5OS/c1-2-13-8-10-15(11-9-13)17-21-19(23-22-17)26-12-16-20-18(24-25-16)14-6-4-3-5-7-14/h3-11H,2,12H2,1H3,(H,21,22,23). The maximum absolute atomic E-state index is 5.31. The number of hydrogen-bond donors (Lipinski definition) is 1. The van der Waals surface area contributed by atoms with Gasteiger partial charge in [-0.3, -0.25) is 5.10 Å². The molecule has 2 heterocycles. The van der Waals surface area contributed by atoms with Crippen LogP contribution in [0.1, 0.15) is 18.4 Å². The minimum Gasteiger partial charge on any atom is -0.338 e. The molecule has 0 fully saturated rings. The molecular weight excluding hydrogens is 346 g/mol. The highest BCUT2D eigenvalue weighted by atomic mass is 32.2. The van der Waals surface area contributed by atoms with Crippen molar-refractivity contribution in [2.24, 2.45) is 0 Å². The van der Waals surface area contributed by atoms with Crippen LogP contribution >= 0.6 is 11.8 Å². The summed E-state index contributed by atoms with van der Waals surface area (Å²) in [7, 11) is 0. The molecule has 130 valence electrons. The minimum absolute atomic E-state index is 0.520. The largest absolute Gasteiger partial charge is 0.338 e. The Morgan fingerprint density at radius 1 is 0.962 bits per heavy atom. The number of benzene rings is 2. The number of rotatable bonds is 6. The van der Waals surface area contributed by atoms with E-state index in [1.54, 1.807) is 0 Å². The second-order valence-electron chi connectivity index (χ2n) is 5.68. The first-order valence-electron chi connectivity index (χ1n) is 8.34. The van der Waals surface area contributed by atoms with Crippen molar-refractivity contribution in [2.75, 3.05) is 0 Å². The van der Waals surface area contributed by atoms with E-state index in [9.17, 15) is 0 Å². The molecule has 4 rings (SSSR count). The Morgan fingerprint density at radius 3 is 2.54 bits per heavy atom. The van der Waals surface area contributed by atoms with E-state index < -0.39 is 0 Å². The van der Waals surface area contributed by atoms with Gasteiger partial charge in [0.2, 0.25) is 16.9 Å². The third-order valence-corrected chi connectivity index (χ3v) is 4.76. The Morgan fingerprint density at radius 2 is 1.77 bits per heavy atom. The Bertz CT molecular complexity index is 979. The van der Waals surface area contributed by atoms with Gasteiger partial charge in [-0.05, 0) is 12.0 Å². The molecule has 4 aromatic rings. The fourth-order valence-electron chi connectivity index (χ4n) is 2.48. The summed E-state index contributed by atoms with van der Waals surface area (Å²) >= 11 is 1.46. The van der Waals surface area contributed by atoms with Gasteiger partial charge in [0.05, 0.1) is 5.75 Å². The van der Waals surface area contributed by atoms with Crippen molar-refractivity contribution in [3.05, 3.63) is 66.1 Å². The van der Waals surface area contributed by atoms with E-state index in [1.807, 2.05) is 30.3 Å². The van der Waals surface area contributed by atoms with Crippen LogP contribution in [-0.2, 0) is 12.2 Å². The van der Waals surface area contributed by atoms with Crippen LogP contribution < -0.4 is 0 Å². The number of nitrogens with one attached hydrogen (secondary N) is 1. The van der Waals surface area contributed by atoms with Crippen molar-refractivity contribution in [1.82, 2.24) is 25.3 Å². The number of H-pyrrole nitrogens is 1. The summed E-state index contributed by atoms with van der Waals surface area (Å²) in [5.74, 6) is 2.41. The van der Waals surface area contributed by atoms with E-state index in [2.05, 4.69) is 56.5 Å². The molecule has 0 aliphatic carbocycles. The lowest BCUT2D eigenvalue weighted by Gasteiger charge is -1.98. The lowest BCUT2D eigenvalue weighted by atomic mass is 10.1. The van der Waals surface area contributed by atoms with Gasteiger partial charge in [0.1, 0.15) is 0 Å². The lowest BCUT2D eigenvalue weighted by Crippen LogP contribution is -1.84. The Balaban J connectivity index is 1.41. The Labute approximate surface area is 155 Å². The van der Waals surface area contributed by atoms with Gasteiger partial charge in [-0.1, -0.05) is 78.4 Å². The van der Waals surface area contributed by atoms with Crippen LogP contribution in [0.25, 0.3) is 22.8 Å². The van der Waals surface area contributed by atoms with Crippen LogP contribution in [0, 0.1) is 0 Å². The molecule has 2 aromatic heterocycles. The normalized spacial score (nSPS) is 11.0. The van der Waals surface area contributed by atoms with Crippen LogP contribution in [0.3, 0.4) is 0 Å². The van der Waals surface area contributed by atoms with Gasteiger partial charge >= 0.3 is 0 Å². The third kappa shape index (κ3) is 3.67. The molecule has 0 saturated heterocycles. The summed E-state index contributed by atoms with van der Waals surface area (Å²) in [6, 6.07) is 18.1. The van der Waals surface area contributed by atoms with Crippen molar-refractivity contribution >= 4 is 11.8 Å². The average molecular weight is 363 g/mol. The Kier molecular flexibility index (Phi) is 4.79. The molecule has 0 amide bonds. The zero-order valence-electron chi connectivity index (χ0n) is 14.2. The zero-order valence-corrected chi connectivity index (χ0v) is 15.0. The molecule has 7 heteroatoms. The van der Waals surface area contributed by atoms with Crippen molar-refractivity contribution in [3.63, 3.8) is 0 Å². The molecule has 26 heavy (non-hydrogen) atoms. The molecule has 0 saturated carbocycles. The number of thioether (sulfide) groups is 1. The maximum Gasteiger partial charge on any atom is 0.237 e. The van der Waals surface area contributed by atoms with Crippen LogP contribution in [0.5, 0.6) is 0 Å². The molecule has 0 atom stereocenters.